The topological polar surface area (TPSA) is 73.0 Å². The molecule has 7 nitrogen and oxygen atoms in total. The molecule has 7 heteroatoms. The number of hydrazine groups is 1. The summed E-state index contributed by atoms with van der Waals surface area (Å²) >= 11 is 0. The van der Waals surface area contributed by atoms with Gasteiger partial charge in [0.2, 0.25) is 0 Å². The van der Waals surface area contributed by atoms with Crippen molar-refractivity contribution < 1.29 is 4.98 Å². The zero-order valence-electron chi connectivity index (χ0n) is 8.88. The Bertz CT molecular complexity index is 506. The Morgan fingerprint density at radius 2 is 2.31 bits per heavy atom. The molecule has 0 radical (unpaired) electrons. The van der Waals surface area contributed by atoms with Gasteiger partial charge in [-0.05, 0) is 6.92 Å². The van der Waals surface area contributed by atoms with Crippen molar-refractivity contribution >= 4 is 11.9 Å². The summed E-state index contributed by atoms with van der Waals surface area (Å²) in [6.07, 6.45) is 5.41. The molecule has 2 N–H and O–H groups in total. The SMILES string of the molecule is Cc1nccn1CCN1Nc2nc[nH+]c1n2. The fraction of sp³-hybridized carbons (Fsp3) is 0.333. The highest BCUT2D eigenvalue weighted by molar-refractivity contribution is 5.44. The van der Waals surface area contributed by atoms with E-state index in [0.29, 0.717) is 5.95 Å². The van der Waals surface area contributed by atoms with Crippen molar-refractivity contribution in [3.05, 3.63) is 24.5 Å². The minimum Gasteiger partial charge on any atom is -0.332 e. The van der Waals surface area contributed by atoms with Crippen LogP contribution < -0.4 is 15.4 Å². The van der Waals surface area contributed by atoms with E-state index in [4.69, 9.17) is 0 Å². The van der Waals surface area contributed by atoms with Gasteiger partial charge in [0.1, 0.15) is 5.82 Å². The van der Waals surface area contributed by atoms with E-state index in [2.05, 4.69) is 29.9 Å². The van der Waals surface area contributed by atoms with Gasteiger partial charge in [0.05, 0.1) is 13.1 Å². The lowest BCUT2D eigenvalue weighted by molar-refractivity contribution is -0.371. The lowest BCUT2D eigenvalue weighted by Crippen LogP contribution is -2.33. The molecule has 3 rings (SSSR count). The van der Waals surface area contributed by atoms with Crippen molar-refractivity contribution in [2.75, 3.05) is 17.0 Å². The molecule has 2 bridgehead atoms. The fourth-order valence-corrected chi connectivity index (χ4v) is 1.69. The molecule has 0 aliphatic carbocycles. The Balaban J connectivity index is 1.67. The van der Waals surface area contributed by atoms with Crippen LogP contribution >= 0.6 is 0 Å². The van der Waals surface area contributed by atoms with Crippen molar-refractivity contribution in [1.82, 2.24) is 19.5 Å². The van der Waals surface area contributed by atoms with Crippen LogP contribution in [0.1, 0.15) is 5.82 Å². The molecule has 0 fully saturated rings. The van der Waals surface area contributed by atoms with Crippen molar-refractivity contribution in [2.45, 2.75) is 13.5 Å². The van der Waals surface area contributed by atoms with Crippen LogP contribution in [-0.4, -0.2) is 26.1 Å². The number of aromatic nitrogens is 5. The van der Waals surface area contributed by atoms with E-state index in [9.17, 15) is 0 Å². The Labute approximate surface area is 92.2 Å². The van der Waals surface area contributed by atoms with Crippen LogP contribution in [0.2, 0.25) is 0 Å². The number of anilines is 2. The number of nitrogens with zero attached hydrogens (tertiary/aromatic N) is 5. The number of aromatic amines is 1. The average Bonchev–Trinajstić information content (AvgIpc) is 2.81. The van der Waals surface area contributed by atoms with Crippen LogP contribution in [0.15, 0.2) is 18.7 Å². The summed E-state index contributed by atoms with van der Waals surface area (Å²) in [4.78, 5) is 15.4. The molecule has 0 saturated carbocycles. The molecule has 0 unspecified atom stereocenters. The predicted molar refractivity (Wildman–Crippen MR) is 56.5 cm³/mol. The summed E-state index contributed by atoms with van der Waals surface area (Å²) in [6, 6.07) is 0. The van der Waals surface area contributed by atoms with Crippen molar-refractivity contribution in [3.8, 4) is 0 Å². The molecule has 2 aromatic heterocycles. The van der Waals surface area contributed by atoms with Crippen LogP contribution in [0, 0.1) is 6.92 Å². The maximum Gasteiger partial charge on any atom is 0.372 e. The third-order valence-electron chi connectivity index (χ3n) is 2.57. The average molecular weight is 218 g/mol. The van der Waals surface area contributed by atoms with Crippen LogP contribution in [-0.2, 0) is 6.54 Å². The van der Waals surface area contributed by atoms with Crippen molar-refractivity contribution in [3.63, 3.8) is 0 Å². The summed E-state index contributed by atoms with van der Waals surface area (Å²) in [7, 11) is 0. The second-order valence-corrected chi connectivity index (χ2v) is 3.59. The molecule has 0 amide bonds. The molecule has 1 aliphatic heterocycles. The Kier molecular flexibility index (Phi) is 1.95. The molecule has 3 heterocycles. The maximum absolute atomic E-state index is 4.21. The number of fused-ring (bicyclic) bond motifs is 2. The summed E-state index contributed by atoms with van der Waals surface area (Å²) in [5, 5.41) is 1.93. The zero-order chi connectivity index (χ0) is 11.0. The van der Waals surface area contributed by atoms with E-state index in [-0.39, 0.29) is 0 Å². The summed E-state index contributed by atoms with van der Waals surface area (Å²) in [5.74, 6) is 2.44. The quantitative estimate of drug-likeness (QED) is 0.761. The van der Waals surface area contributed by atoms with Gasteiger partial charge < -0.3 is 4.57 Å². The minimum atomic E-state index is 0.635. The van der Waals surface area contributed by atoms with E-state index in [0.717, 1.165) is 24.9 Å². The van der Waals surface area contributed by atoms with Gasteiger partial charge in [-0.25, -0.2) is 15.4 Å². The van der Waals surface area contributed by atoms with Gasteiger partial charge in [0.15, 0.2) is 6.33 Å². The summed E-state index contributed by atoms with van der Waals surface area (Å²) in [6.45, 7) is 3.64. The molecule has 82 valence electrons. The summed E-state index contributed by atoms with van der Waals surface area (Å²) < 4.78 is 2.09. The second-order valence-electron chi connectivity index (χ2n) is 3.59. The molecule has 1 aliphatic rings. The normalized spacial score (nSPS) is 12.9. The Hall–Kier alpha value is -2.18. The van der Waals surface area contributed by atoms with Crippen LogP contribution in [0.25, 0.3) is 0 Å². The van der Waals surface area contributed by atoms with Gasteiger partial charge in [-0.15, -0.1) is 0 Å². The monoisotopic (exact) mass is 218 g/mol. The van der Waals surface area contributed by atoms with E-state index < -0.39 is 0 Å². The first-order valence-corrected chi connectivity index (χ1v) is 5.09. The molecule has 2 aromatic rings. The van der Waals surface area contributed by atoms with Gasteiger partial charge in [-0.3, -0.25) is 0 Å². The minimum absolute atomic E-state index is 0.635. The van der Waals surface area contributed by atoms with Crippen LogP contribution in [0.3, 0.4) is 0 Å². The van der Waals surface area contributed by atoms with Crippen LogP contribution in [0.4, 0.5) is 11.9 Å². The smallest absolute Gasteiger partial charge is 0.332 e. The fourth-order valence-electron chi connectivity index (χ4n) is 1.69. The molecule has 0 saturated heterocycles. The number of aryl methyl sites for hydroxylation is 1. The highest BCUT2D eigenvalue weighted by Gasteiger charge is 2.26. The highest BCUT2D eigenvalue weighted by atomic mass is 15.6. The second kappa shape index (κ2) is 3.44. The van der Waals surface area contributed by atoms with Crippen molar-refractivity contribution in [1.29, 1.82) is 0 Å². The lowest BCUT2D eigenvalue weighted by Gasteiger charge is -2.11. The first-order valence-electron chi connectivity index (χ1n) is 5.09. The van der Waals surface area contributed by atoms with E-state index in [1.54, 1.807) is 12.5 Å². The van der Waals surface area contributed by atoms with E-state index in [1.165, 1.54) is 0 Å². The molecule has 0 atom stereocenters. The molecular formula is C9H12N7+. The summed E-state index contributed by atoms with van der Waals surface area (Å²) in [5.41, 5.74) is 3.09. The maximum atomic E-state index is 4.21. The number of nitrogens with one attached hydrogen (secondary N) is 2. The third kappa shape index (κ3) is 1.46. The number of hydrogen-bond acceptors (Lipinski definition) is 5. The Morgan fingerprint density at radius 1 is 1.38 bits per heavy atom. The predicted octanol–water partition coefficient (Wildman–Crippen LogP) is -0.357. The first kappa shape index (κ1) is 9.08. The largest absolute Gasteiger partial charge is 0.372 e. The van der Waals surface area contributed by atoms with Gasteiger partial charge in [0, 0.05) is 12.4 Å². The standard InChI is InChI=1S/C9H11N7/c1-7-10-2-3-15(7)4-5-16-9-12-6-11-8(13-9)14-16/h2-3,6H,4-5H2,1H3,(H,11,12,13,14)/p+1. The lowest BCUT2D eigenvalue weighted by atomic mass is 10.5. The third-order valence-corrected chi connectivity index (χ3v) is 2.57. The highest BCUT2D eigenvalue weighted by Crippen LogP contribution is 2.13. The van der Waals surface area contributed by atoms with Crippen molar-refractivity contribution in [2.24, 2.45) is 0 Å². The first-order chi connectivity index (χ1) is 7.83. The zero-order valence-corrected chi connectivity index (χ0v) is 8.88. The number of rotatable bonds is 3. The van der Waals surface area contributed by atoms with Gasteiger partial charge in [-0.2, -0.15) is 5.01 Å². The van der Waals surface area contributed by atoms with Gasteiger partial charge in [-0.1, -0.05) is 9.97 Å². The molecule has 0 aromatic carbocycles. The molecule has 16 heavy (non-hydrogen) atoms. The van der Waals surface area contributed by atoms with E-state index in [1.807, 2.05) is 18.1 Å². The van der Waals surface area contributed by atoms with E-state index >= 15 is 0 Å². The van der Waals surface area contributed by atoms with Crippen LogP contribution in [0.5, 0.6) is 0 Å². The molecule has 0 spiro atoms. The Morgan fingerprint density at radius 3 is 3.06 bits per heavy atom. The number of H-pyrrole nitrogens is 1. The number of hydrogen-bond donors (Lipinski definition) is 1. The number of imidazole rings is 1. The molecular weight excluding hydrogens is 206 g/mol. The van der Waals surface area contributed by atoms with Gasteiger partial charge in [0.25, 0.3) is 0 Å². The van der Waals surface area contributed by atoms with Gasteiger partial charge >= 0.3 is 11.9 Å².